The van der Waals surface area contributed by atoms with Crippen molar-refractivity contribution in [3.8, 4) is 0 Å². The minimum absolute atomic E-state index is 0.175. The summed E-state index contributed by atoms with van der Waals surface area (Å²) in [5, 5.41) is 2.89. The van der Waals surface area contributed by atoms with Gasteiger partial charge in [0, 0.05) is 25.1 Å². The normalized spacial score (nSPS) is 13.2. The molecule has 1 aromatic rings. The average Bonchev–Trinajstić information content (AvgIpc) is 2.33. The SMILES string of the molecule is C=C(C)CNC(N)=NCC(C)c1ccc(F)cc1F. The predicted octanol–water partition coefficient (Wildman–Crippen LogP) is 2.55. The van der Waals surface area contributed by atoms with Gasteiger partial charge in [0.1, 0.15) is 11.6 Å². The number of nitrogens with zero attached hydrogens (tertiary/aromatic N) is 1. The molecule has 3 N–H and O–H groups in total. The topological polar surface area (TPSA) is 50.4 Å². The Labute approximate surface area is 112 Å². The largest absolute Gasteiger partial charge is 0.370 e. The van der Waals surface area contributed by atoms with Crippen molar-refractivity contribution in [2.75, 3.05) is 13.1 Å². The quantitative estimate of drug-likeness (QED) is 0.489. The summed E-state index contributed by atoms with van der Waals surface area (Å²) < 4.78 is 26.3. The molecule has 104 valence electrons. The molecule has 3 nitrogen and oxygen atoms in total. The lowest BCUT2D eigenvalue weighted by molar-refractivity contribution is 0.560. The Morgan fingerprint density at radius 1 is 1.47 bits per heavy atom. The van der Waals surface area contributed by atoms with E-state index in [9.17, 15) is 8.78 Å². The summed E-state index contributed by atoms with van der Waals surface area (Å²) in [7, 11) is 0. The van der Waals surface area contributed by atoms with E-state index in [0.717, 1.165) is 11.6 Å². The lowest BCUT2D eigenvalue weighted by atomic mass is 10.0. The molecule has 0 bridgehead atoms. The molecule has 0 spiro atoms. The first-order chi connectivity index (χ1) is 8.90. The van der Waals surface area contributed by atoms with Crippen LogP contribution in [-0.4, -0.2) is 19.0 Å². The molecule has 1 unspecified atom stereocenters. The maximum atomic E-state index is 13.5. The molecular weight excluding hydrogens is 248 g/mol. The molecule has 0 fully saturated rings. The van der Waals surface area contributed by atoms with Crippen LogP contribution in [0.5, 0.6) is 0 Å². The van der Waals surface area contributed by atoms with Gasteiger partial charge in [-0.2, -0.15) is 0 Å². The van der Waals surface area contributed by atoms with E-state index in [1.807, 2.05) is 13.8 Å². The highest BCUT2D eigenvalue weighted by Gasteiger charge is 2.11. The summed E-state index contributed by atoms with van der Waals surface area (Å²) in [5.41, 5.74) is 7.02. The first-order valence-corrected chi connectivity index (χ1v) is 6.03. The van der Waals surface area contributed by atoms with Gasteiger partial charge in [0.05, 0.1) is 0 Å². The summed E-state index contributed by atoms with van der Waals surface area (Å²) in [6.07, 6.45) is 0. The first kappa shape index (κ1) is 15.1. The summed E-state index contributed by atoms with van der Waals surface area (Å²) in [6.45, 7) is 8.30. The number of guanidine groups is 1. The maximum absolute atomic E-state index is 13.5. The van der Waals surface area contributed by atoms with Crippen LogP contribution in [0.4, 0.5) is 8.78 Å². The number of aliphatic imine (C=N–C) groups is 1. The van der Waals surface area contributed by atoms with E-state index in [1.54, 1.807) is 0 Å². The Morgan fingerprint density at radius 3 is 2.74 bits per heavy atom. The Morgan fingerprint density at radius 2 is 2.16 bits per heavy atom. The molecule has 0 aromatic heterocycles. The summed E-state index contributed by atoms with van der Waals surface area (Å²) >= 11 is 0. The average molecular weight is 267 g/mol. The number of nitrogens with one attached hydrogen (secondary N) is 1. The van der Waals surface area contributed by atoms with E-state index in [1.165, 1.54) is 12.1 Å². The molecular formula is C14H19F2N3. The van der Waals surface area contributed by atoms with Crippen LogP contribution in [0, 0.1) is 11.6 Å². The number of benzene rings is 1. The van der Waals surface area contributed by atoms with Crippen molar-refractivity contribution in [2.45, 2.75) is 19.8 Å². The molecule has 0 saturated carbocycles. The lowest BCUT2D eigenvalue weighted by Crippen LogP contribution is -2.33. The lowest BCUT2D eigenvalue weighted by Gasteiger charge is -2.11. The van der Waals surface area contributed by atoms with Crippen molar-refractivity contribution < 1.29 is 8.78 Å². The van der Waals surface area contributed by atoms with Crippen LogP contribution in [0.3, 0.4) is 0 Å². The zero-order valence-electron chi connectivity index (χ0n) is 11.2. The highest BCUT2D eigenvalue weighted by Crippen LogP contribution is 2.19. The fraction of sp³-hybridized carbons (Fsp3) is 0.357. The molecule has 0 heterocycles. The van der Waals surface area contributed by atoms with Gasteiger partial charge in [-0.3, -0.25) is 4.99 Å². The van der Waals surface area contributed by atoms with Crippen LogP contribution in [0.2, 0.25) is 0 Å². The van der Waals surface area contributed by atoms with Crippen LogP contribution < -0.4 is 11.1 Å². The summed E-state index contributed by atoms with van der Waals surface area (Å²) in [4.78, 5) is 4.12. The van der Waals surface area contributed by atoms with Crippen LogP contribution >= 0.6 is 0 Å². The first-order valence-electron chi connectivity index (χ1n) is 6.03. The molecule has 0 aliphatic rings. The summed E-state index contributed by atoms with van der Waals surface area (Å²) in [5.74, 6) is -1.03. The van der Waals surface area contributed by atoms with E-state index in [-0.39, 0.29) is 11.9 Å². The van der Waals surface area contributed by atoms with Crippen molar-refractivity contribution in [3.05, 3.63) is 47.5 Å². The van der Waals surface area contributed by atoms with Gasteiger partial charge in [0.2, 0.25) is 0 Å². The van der Waals surface area contributed by atoms with Crippen LogP contribution in [0.25, 0.3) is 0 Å². The second kappa shape index (κ2) is 6.87. The molecule has 0 saturated heterocycles. The number of halogens is 2. The minimum Gasteiger partial charge on any atom is -0.370 e. The van der Waals surface area contributed by atoms with Gasteiger partial charge in [-0.05, 0) is 18.6 Å². The number of nitrogens with two attached hydrogens (primary N) is 1. The smallest absolute Gasteiger partial charge is 0.188 e. The molecule has 0 aliphatic carbocycles. The molecule has 0 radical (unpaired) electrons. The molecule has 19 heavy (non-hydrogen) atoms. The molecule has 1 aromatic carbocycles. The Bertz CT molecular complexity index is 484. The number of hydrogen-bond acceptors (Lipinski definition) is 1. The third-order valence-corrected chi connectivity index (χ3v) is 2.60. The molecule has 5 heteroatoms. The highest BCUT2D eigenvalue weighted by molar-refractivity contribution is 5.78. The van der Waals surface area contributed by atoms with Gasteiger partial charge in [0.25, 0.3) is 0 Å². The minimum atomic E-state index is -0.584. The zero-order chi connectivity index (χ0) is 14.4. The molecule has 1 rings (SSSR count). The molecule has 1 atom stereocenters. The molecule has 0 amide bonds. The van der Waals surface area contributed by atoms with Crippen LogP contribution in [0.15, 0.2) is 35.3 Å². The van der Waals surface area contributed by atoms with Crippen LogP contribution in [-0.2, 0) is 0 Å². The van der Waals surface area contributed by atoms with E-state index in [4.69, 9.17) is 5.73 Å². The second-order valence-corrected chi connectivity index (χ2v) is 4.60. The van der Waals surface area contributed by atoms with Crippen LogP contribution in [0.1, 0.15) is 25.3 Å². The second-order valence-electron chi connectivity index (χ2n) is 4.60. The maximum Gasteiger partial charge on any atom is 0.188 e. The third-order valence-electron chi connectivity index (χ3n) is 2.60. The van der Waals surface area contributed by atoms with E-state index < -0.39 is 11.6 Å². The Hall–Kier alpha value is -1.91. The van der Waals surface area contributed by atoms with Crippen molar-refractivity contribution in [1.29, 1.82) is 0 Å². The van der Waals surface area contributed by atoms with Gasteiger partial charge in [-0.1, -0.05) is 25.1 Å². The van der Waals surface area contributed by atoms with E-state index in [0.29, 0.717) is 18.7 Å². The Kier molecular flexibility index (Phi) is 5.48. The number of rotatable bonds is 5. The predicted molar refractivity (Wildman–Crippen MR) is 74.1 cm³/mol. The zero-order valence-corrected chi connectivity index (χ0v) is 11.2. The third kappa shape index (κ3) is 5.07. The van der Waals surface area contributed by atoms with Crippen molar-refractivity contribution in [2.24, 2.45) is 10.7 Å². The molecule has 0 aliphatic heterocycles. The van der Waals surface area contributed by atoms with Gasteiger partial charge >= 0.3 is 0 Å². The fourth-order valence-corrected chi connectivity index (χ4v) is 1.53. The van der Waals surface area contributed by atoms with Gasteiger partial charge in [0.15, 0.2) is 5.96 Å². The van der Waals surface area contributed by atoms with Crippen molar-refractivity contribution in [3.63, 3.8) is 0 Å². The van der Waals surface area contributed by atoms with Gasteiger partial charge in [-0.15, -0.1) is 0 Å². The standard InChI is InChI=1S/C14H19F2N3/c1-9(2)7-18-14(17)19-8-10(3)12-5-4-11(15)6-13(12)16/h4-6,10H,1,7-8H2,2-3H3,(H3,17,18,19). The van der Waals surface area contributed by atoms with E-state index >= 15 is 0 Å². The van der Waals surface area contributed by atoms with E-state index in [2.05, 4.69) is 16.9 Å². The Balaban J connectivity index is 2.61. The van der Waals surface area contributed by atoms with Crippen molar-refractivity contribution in [1.82, 2.24) is 5.32 Å². The number of hydrogen-bond donors (Lipinski definition) is 2. The fourth-order valence-electron chi connectivity index (χ4n) is 1.53. The van der Waals surface area contributed by atoms with Crippen molar-refractivity contribution >= 4 is 5.96 Å². The van der Waals surface area contributed by atoms with Gasteiger partial charge in [-0.25, -0.2) is 8.78 Å². The highest BCUT2D eigenvalue weighted by atomic mass is 19.1. The van der Waals surface area contributed by atoms with Gasteiger partial charge < -0.3 is 11.1 Å². The monoisotopic (exact) mass is 267 g/mol. The summed E-state index contributed by atoms with van der Waals surface area (Å²) in [6, 6.07) is 3.54.